The van der Waals surface area contributed by atoms with Gasteiger partial charge in [-0.1, -0.05) is 40.0 Å². The van der Waals surface area contributed by atoms with E-state index >= 15 is 0 Å². The molecule has 5 unspecified atom stereocenters. The molecule has 0 aliphatic heterocycles. The van der Waals surface area contributed by atoms with Crippen molar-refractivity contribution in [2.75, 3.05) is 0 Å². The van der Waals surface area contributed by atoms with Gasteiger partial charge in [0.15, 0.2) is 0 Å². The van der Waals surface area contributed by atoms with Crippen molar-refractivity contribution < 1.29 is 4.79 Å². The van der Waals surface area contributed by atoms with Gasteiger partial charge in [0, 0.05) is 12.1 Å². The first-order valence-electron chi connectivity index (χ1n) is 8.90. The van der Waals surface area contributed by atoms with Gasteiger partial charge in [0.25, 0.3) is 0 Å². The van der Waals surface area contributed by atoms with Crippen LogP contribution in [0.3, 0.4) is 0 Å². The summed E-state index contributed by atoms with van der Waals surface area (Å²) >= 11 is 0. The molecule has 0 aromatic carbocycles. The summed E-state index contributed by atoms with van der Waals surface area (Å²) in [6, 6.07) is 0.383. The molecule has 0 heterocycles. The van der Waals surface area contributed by atoms with Gasteiger partial charge >= 0.3 is 0 Å². The van der Waals surface area contributed by atoms with Crippen molar-refractivity contribution in [1.82, 2.24) is 5.32 Å². The number of amides is 1. The lowest BCUT2D eigenvalue weighted by Crippen LogP contribution is -2.55. The zero-order valence-electron chi connectivity index (χ0n) is 14.0. The van der Waals surface area contributed by atoms with Gasteiger partial charge < -0.3 is 11.1 Å². The molecule has 2 bridgehead atoms. The molecule has 0 radical (unpaired) electrons. The Morgan fingerprint density at radius 1 is 1.10 bits per heavy atom. The summed E-state index contributed by atoms with van der Waals surface area (Å²) in [7, 11) is 0. The molecule has 120 valence electrons. The SMILES string of the molecule is CC12CCC(C1)C(C)(C)C2NC(=O)C1CCCCCC1N. The highest BCUT2D eigenvalue weighted by Crippen LogP contribution is 2.62. The van der Waals surface area contributed by atoms with Crippen molar-refractivity contribution in [2.24, 2.45) is 28.4 Å². The summed E-state index contributed by atoms with van der Waals surface area (Å²) in [6.07, 6.45) is 9.42. The molecule has 1 amide bonds. The standard InChI is InChI=1S/C18H32N2O/c1-17(2)12-9-10-18(3,11-12)16(17)20-15(21)13-7-5-4-6-8-14(13)19/h12-14,16H,4-11,19H2,1-3H3,(H,20,21). The van der Waals surface area contributed by atoms with Crippen LogP contribution in [0, 0.1) is 22.7 Å². The van der Waals surface area contributed by atoms with E-state index in [1.807, 2.05) is 0 Å². The van der Waals surface area contributed by atoms with E-state index < -0.39 is 0 Å². The normalized spacial score (nSPS) is 45.3. The average molecular weight is 292 g/mol. The summed E-state index contributed by atoms with van der Waals surface area (Å²) in [5.41, 5.74) is 6.81. The molecule has 3 N–H and O–H groups in total. The lowest BCUT2D eigenvalue weighted by Gasteiger charge is -2.43. The maximum Gasteiger partial charge on any atom is 0.224 e. The number of carbonyl (C=O) groups is 1. The van der Waals surface area contributed by atoms with Crippen LogP contribution in [0.5, 0.6) is 0 Å². The van der Waals surface area contributed by atoms with Crippen LogP contribution in [0.25, 0.3) is 0 Å². The van der Waals surface area contributed by atoms with Crippen LogP contribution in [-0.4, -0.2) is 18.0 Å². The van der Waals surface area contributed by atoms with E-state index in [1.54, 1.807) is 0 Å². The number of hydrogen-bond donors (Lipinski definition) is 2. The average Bonchev–Trinajstić information content (AvgIpc) is 2.78. The van der Waals surface area contributed by atoms with Gasteiger partial charge in [0.1, 0.15) is 0 Å². The Kier molecular flexibility index (Phi) is 3.84. The summed E-state index contributed by atoms with van der Waals surface area (Å²) < 4.78 is 0. The number of nitrogens with one attached hydrogen (secondary N) is 1. The Balaban J connectivity index is 1.72. The molecular weight excluding hydrogens is 260 g/mol. The third-order valence-electron chi connectivity index (χ3n) is 6.96. The zero-order valence-corrected chi connectivity index (χ0v) is 14.0. The Bertz CT molecular complexity index is 415. The van der Waals surface area contributed by atoms with Crippen LogP contribution in [0.1, 0.15) is 72.1 Å². The molecular formula is C18H32N2O. The first-order valence-corrected chi connectivity index (χ1v) is 8.90. The van der Waals surface area contributed by atoms with Gasteiger partial charge in [-0.3, -0.25) is 4.79 Å². The molecule has 3 heteroatoms. The second-order valence-corrected chi connectivity index (χ2v) is 8.77. The van der Waals surface area contributed by atoms with E-state index in [9.17, 15) is 4.79 Å². The fourth-order valence-corrected chi connectivity index (χ4v) is 5.57. The number of carbonyl (C=O) groups excluding carboxylic acids is 1. The Hall–Kier alpha value is -0.570. The highest BCUT2D eigenvalue weighted by molar-refractivity contribution is 5.80. The fraction of sp³-hybridized carbons (Fsp3) is 0.944. The van der Waals surface area contributed by atoms with Gasteiger partial charge in [-0.2, -0.15) is 0 Å². The van der Waals surface area contributed by atoms with E-state index in [2.05, 4.69) is 26.1 Å². The maximum atomic E-state index is 12.8. The van der Waals surface area contributed by atoms with Crippen LogP contribution in [-0.2, 0) is 4.79 Å². The molecule has 3 saturated carbocycles. The highest BCUT2D eigenvalue weighted by Gasteiger charge is 2.59. The van der Waals surface area contributed by atoms with E-state index in [4.69, 9.17) is 5.73 Å². The number of hydrogen-bond acceptors (Lipinski definition) is 2. The molecule has 3 fully saturated rings. The summed E-state index contributed by atoms with van der Waals surface area (Å²) in [5.74, 6) is 1.04. The first-order chi connectivity index (χ1) is 9.84. The molecule has 0 aromatic heterocycles. The van der Waals surface area contributed by atoms with Crippen molar-refractivity contribution in [2.45, 2.75) is 84.2 Å². The van der Waals surface area contributed by atoms with Gasteiger partial charge in [0.2, 0.25) is 5.91 Å². The molecule has 3 aliphatic rings. The van der Waals surface area contributed by atoms with Gasteiger partial charge in [-0.25, -0.2) is 0 Å². The van der Waals surface area contributed by atoms with E-state index in [-0.39, 0.29) is 23.3 Å². The minimum absolute atomic E-state index is 0.0334. The van der Waals surface area contributed by atoms with Crippen molar-refractivity contribution in [3.63, 3.8) is 0 Å². The molecule has 5 atom stereocenters. The molecule has 3 rings (SSSR count). The van der Waals surface area contributed by atoms with Crippen LogP contribution >= 0.6 is 0 Å². The number of nitrogens with two attached hydrogens (primary N) is 1. The fourth-order valence-electron chi connectivity index (χ4n) is 5.57. The van der Waals surface area contributed by atoms with Gasteiger partial charge in [0.05, 0.1) is 5.92 Å². The molecule has 3 nitrogen and oxygen atoms in total. The Morgan fingerprint density at radius 3 is 2.48 bits per heavy atom. The van der Waals surface area contributed by atoms with Crippen LogP contribution in [0.15, 0.2) is 0 Å². The smallest absolute Gasteiger partial charge is 0.224 e. The lowest BCUT2D eigenvalue weighted by molar-refractivity contribution is -0.128. The molecule has 0 saturated heterocycles. The predicted octanol–water partition coefficient (Wildman–Crippen LogP) is 3.23. The summed E-state index contributed by atoms with van der Waals surface area (Å²) in [5, 5.41) is 3.45. The maximum absolute atomic E-state index is 12.8. The predicted molar refractivity (Wildman–Crippen MR) is 85.7 cm³/mol. The molecule has 0 aromatic rings. The first kappa shape index (κ1) is 15.3. The Morgan fingerprint density at radius 2 is 1.81 bits per heavy atom. The molecule has 0 spiro atoms. The largest absolute Gasteiger partial charge is 0.352 e. The van der Waals surface area contributed by atoms with Crippen molar-refractivity contribution in [3.8, 4) is 0 Å². The van der Waals surface area contributed by atoms with E-state index in [0.717, 1.165) is 25.2 Å². The van der Waals surface area contributed by atoms with Crippen molar-refractivity contribution in [3.05, 3.63) is 0 Å². The quantitative estimate of drug-likeness (QED) is 0.768. The minimum Gasteiger partial charge on any atom is -0.352 e. The van der Waals surface area contributed by atoms with Crippen LogP contribution in [0.2, 0.25) is 0 Å². The number of rotatable bonds is 2. The minimum atomic E-state index is 0.0334. The van der Waals surface area contributed by atoms with Gasteiger partial charge in [-0.05, 0) is 48.9 Å². The zero-order chi connectivity index (χ0) is 15.3. The second-order valence-electron chi connectivity index (χ2n) is 8.77. The topological polar surface area (TPSA) is 55.1 Å². The number of fused-ring (bicyclic) bond motifs is 2. The third kappa shape index (κ3) is 2.52. The van der Waals surface area contributed by atoms with E-state index in [1.165, 1.54) is 32.1 Å². The van der Waals surface area contributed by atoms with Gasteiger partial charge in [-0.15, -0.1) is 0 Å². The van der Waals surface area contributed by atoms with Crippen LogP contribution < -0.4 is 11.1 Å². The van der Waals surface area contributed by atoms with Crippen molar-refractivity contribution >= 4 is 5.91 Å². The Labute approximate surface area is 129 Å². The molecule has 21 heavy (non-hydrogen) atoms. The van der Waals surface area contributed by atoms with Crippen LogP contribution in [0.4, 0.5) is 0 Å². The van der Waals surface area contributed by atoms with E-state index in [0.29, 0.717) is 11.5 Å². The molecule has 3 aliphatic carbocycles. The summed E-state index contributed by atoms with van der Waals surface area (Å²) in [6.45, 7) is 7.07. The third-order valence-corrected chi connectivity index (χ3v) is 6.96. The second kappa shape index (κ2) is 5.26. The summed E-state index contributed by atoms with van der Waals surface area (Å²) in [4.78, 5) is 12.8. The highest BCUT2D eigenvalue weighted by atomic mass is 16.2. The monoisotopic (exact) mass is 292 g/mol. The lowest BCUT2D eigenvalue weighted by atomic mass is 9.68. The van der Waals surface area contributed by atoms with Crippen molar-refractivity contribution in [1.29, 1.82) is 0 Å².